The number of aliphatic carboxylic acids is 1. The normalized spacial score (nSPS) is 31.5. The Kier molecular flexibility index (Phi) is 3.90. The van der Waals surface area contributed by atoms with Crippen LogP contribution < -0.4 is 5.32 Å². The Morgan fingerprint density at radius 1 is 1.44 bits per heavy atom. The summed E-state index contributed by atoms with van der Waals surface area (Å²) >= 11 is 0. The van der Waals surface area contributed by atoms with E-state index in [1.165, 1.54) is 0 Å². The summed E-state index contributed by atoms with van der Waals surface area (Å²) in [5.41, 5.74) is 0. The lowest BCUT2D eigenvalue weighted by molar-refractivity contribution is -0.139. The number of fused-ring (bicyclic) bond motifs is 1. The van der Waals surface area contributed by atoms with Gasteiger partial charge >= 0.3 is 5.97 Å². The third kappa shape index (κ3) is 2.83. The number of hydrogen-bond donors (Lipinski definition) is 2. The molecule has 0 radical (unpaired) electrons. The summed E-state index contributed by atoms with van der Waals surface area (Å²) in [6.07, 6.45) is 2.21. The van der Waals surface area contributed by atoms with Crippen molar-refractivity contribution >= 4 is 11.9 Å². The summed E-state index contributed by atoms with van der Waals surface area (Å²) in [5.74, 6) is 0.209. The number of carboxylic acid groups (broad SMARTS) is 1. The van der Waals surface area contributed by atoms with Crippen molar-refractivity contribution in [3.8, 4) is 0 Å². The Morgan fingerprint density at radius 2 is 2.17 bits per heavy atom. The number of piperidine rings is 1. The number of carbonyl (C=O) groups excluding carboxylic acids is 1. The standard InChI is InChI=1S/C13H22N2O3/c1-8(2)5-12(16)15-4-3-9-6-10(13(17)18)14-11(9)7-15/h8-11,14H,3-7H2,1-2H3,(H,17,18)/t9?,10?,11-/m0/s1. The fraction of sp³-hybridized carbons (Fsp3) is 0.846. The van der Waals surface area contributed by atoms with E-state index < -0.39 is 12.0 Å². The Hall–Kier alpha value is -1.10. The average molecular weight is 254 g/mol. The first-order valence-electron chi connectivity index (χ1n) is 6.74. The molecule has 1 amide bonds. The Bertz CT molecular complexity index is 343. The van der Waals surface area contributed by atoms with Gasteiger partial charge in [0.05, 0.1) is 0 Å². The molecule has 2 aliphatic heterocycles. The molecule has 0 aromatic rings. The zero-order valence-corrected chi connectivity index (χ0v) is 11.1. The summed E-state index contributed by atoms with van der Waals surface area (Å²) in [4.78, 5) is 24.8. The number of amides is 1. The van der Waals surface area contributed by atoms with Gasteiger partial charge in [-0.2, -0.15) is 0 Å². The van der Waals surface area contributed by atoms with Crippen LogP contribution in [0.3, 0.4) is 0 Å². The van der Waals surface area contributed by atoms with Gasteiger partial charge in [-0.3, -0.25) is 14.9 Å². The Morgan fingerprint density at radius 3 is 2.78 bits per heavy atom. The van der Waals surface area contributed by atoms with Crippen molar-refractivity contribution in [1.29, 1.82) is 0 Å². The molecule has 0 aromatic heterocycles. The summed E-state index contributed by atoms with van der Waals surface area (Å²) in [5, 5.41) is 12.1. The van der Waals surface area contributed by atoms with E-state index in [2.05, 4.69) is 5.32 Å². The zero-order valence-electron chi connectivity index (χ0n) is 11.1. The highest BCUT2D eigenvalue weighted by molar-refractivity contribution is 5.77. The fourth-order valence-corrected chi connectivity index (χ4v) is 2.98. The van der Waals surface area contributed by atoms with Crippen LogP contribution >= 0.6 is 0 Å². The van der Waals surface area contributed by atoms with Crippen LogP contribution in [-0.4, -0.2) is 47.1 Å². The maximum Gasteiger partial charge on any atom is 0.320 e. The van der Waals surface area contributed by atoms with Crippen molar-refractivity contribution in [3.63, 3.8) is 0 Å². The number of hydrogen-bond acceptors (Lipinski definition) is 3. The van der Waals surface area contributed by atoms with Crippen LogP contribution in [-0.2, 0) is 9.59 Å². The molecule has 0 bridgehead atoms. The first kappa shape index (κ1) is 13.3. The Balaban J connectivity index is 1.91. The molecular formula is C13H22N2O3. The van der Waals surface area contributed by atoms with Gasteiger partial charge in [-0.1, -0.05) is 13.8 Å². The van der Waals surface area contributed by atoms with Gasteiger partial charge in [-0.05, 0) is 24.7 Å². The molecule has 18 heavy (non-hydrogen) atoms. The maximum absolute atomic E-state index is 12.0. The number of carbonyl (C=O) groups is 2. The van der Waals surface area contributed by atoms with Crippen LogP contribution in [0.4, 0.5) is 0 Å². The summed E-state index contributed by atoms with van der Waals surface area (Å²) < 4.78 is 0. The number of nitrogens with zero attached hydrogens (tertiary/aromatic N) is 1. The van der Waals surface area contributed by atoms with Crippen molar-refractivity contribution in [2.45, 2.75) is 45.2 Å². The van der Waals surface area contributed by atoms with Gasteiger partial charge in [0, 0.05) is 25.6 Å². The molecule has 3 atom stereocenters. The van der Waals surface area contributed by atoms with E-state index in [1.807, 2.05) is 18.7 Å². The SMILES string of the molecule is CC(C)CC(=O)N1CCC2CC(C(=O)O)N[C@H]2C1. The number of nitrogens with one attached hydrogen (secondary N) is 1. The predicted octanol–water partition coefficient (Wildman–Crippen LogP) is 0.696. The molecule has 2 heterocycles. The average Bonchev–Trinajstić information content (AvgIpc) is 2.70. The molecule has 0 spiro atoms. The van der Waals surface area contributed by atoms with E-state index in [0.29, 0.717) is 31.2 Å². The Labute approximate surface area is 108 Å². The van der Waals surface area contributed by atoms with Gasteiger partial charge < -0.3 is 10.0 Å². The van der Waals surface area contributed by atoms with E-state index in [9.17, 15) is 9.59 Å². The lowest BCUT2D eigenvalue weighted by Crippen LogP contribution is -2.50. The molecule has 0 aliphatic carbocycles. The highest BCUT2D eigenvalue weighted by Crippen LogP contribution is 2.29. The molecular weight excluding hydrogens is 232 g/mol. The molecule has 0 saturated carbocycles. The second kappa shape index (κ2) is 5.26. The van der Waals surface area contributed by atoms with Gasteiger partial charge in [-0.15, -0.1) is 0 Å². The first-order chi connectivity index (χ1) is 8.47. The van der Waals surface area contributed by atoms with Crippen LogP contribution in [0.2, 0.25) is 0 Å². The monoisotopic (exact) mass is 254 g/mol. The number of carboxylic acids is 1. The molecule has 102 valence electrons. The minimum Gasteiger partial charge on any atom is -0.480 e. The lowest BCUT2D eigenvalue weighted by Gasteiger charge is -2.35. The van der Waals surface area contributed by atoms with Gasteiger partial charge in [0.15, 0.2) is 0 Å². The number of likely N-dealkylation sites (tertiary alicyclic amines) is 1. The van der Waals surface area contributed by atoms with Crippen LogP contribution in [0.25, 0.3) is 0 Å². The van der Waals surface area contributed by atoms with Crippen molar-refractivity contribution in [2.75, 3.05) is 13.1 Å². The summed E-state index contributed by atoms with van der Waals surface area (Å²) in [6.45, 7) is 5.53. The lowest BCUT2D eigenvalue weighted by atomic mass is 9.91. The molecule has 2 unspecified atom stereocenters. The van der Waals surface area contributed by atoms with Crippen LogP contribution in [0.15, 0.2) is 0 Å². The van der Waals surface area contributed by atoms with E-state index in [0.717, 1.165) is 13.0 Å². The smallest absolute Gasteiger partial charge is 0.320 e. The summed E-state index contributed by atoms with van der Waals surface area (Å²) in [7, 11) is 0. The largest absolute Gasteiger partial charge is 0.480 e. The highest BCUT2D eigenvalue weighted by Gasteiger charge is 2.41. The zero-order chi connectivity index (χ0) is 13.3. The minimum absolute atomic E-state index is 0.163. The van der Waals surface area contributed by atoms with Gasteiger partial charge in [0.25, 0.3) is 0 Å². The molecule has 0 aromatic carbocycles. The van der Waals surface area contributed by atoms with E-state index in [-0.39, 0.29) is 11.9 Å². The third-order valence-electron chi connectivity index (χ3n) is 3.94. The molecule has 2 aliphatic rings. The summed E-state index contributed by atoms with van der Waals surface area (Å²) in [6, 6.07) is -0.267. The molecule has 2 N–H and O–H groups in total. The first-order valence-corrected chi connectivity index (χ1v) is 6.74. The maximum atomic E-state index is 12.0. The van der Waals surface area contributed by atoms with Gasteiger partial charge in [0.1, 0.15) is 6.04 Å². The minimum atomic E-state index is -0.774. The molecule has 2 rings (SSSR count). The molecule has 2 saturated heterocycles. The predicted molar refractivity (Wildman–Crippen MR) is 67.1 cm³/mol. The van der Waals surface area contributed by atoms with E-state index in [1.54, 1.807) is 0 Å². The topological polar surface area (TPSA) is 69.6 Å². The third-order valence-corrected chi connectivity index (χ3v) is 3.94. The highest BCUT2D eigenvalue weighted by atomic mass is 16.4. The quantitative estimate of drug-likeness (QED) is 0.777. The molecule has 5 heteroatoms. The van der Waals surface area contributed by atoms with E-state index in [4.69, 9.17) is 5.11 Å². The molecule has 5 nitrogen and oxygen atoms in total. The van der Waals surface area contributed by atoms with Crippen LogP contribution in [0, 0.1) is 11.8 Å². The van der Waals surface area contributed by atoms with Crippen molar-refractivity contribution in [3.05, 3.63) is 0 Å². The van der Waals surface area contributed by atoms with Crippen molar-refractivity contribution in [1.82, 2.24) is 10.2 Å². The van der Waals surface area contributed by atoms with Crippen molar-refractivity contribution < 1.29 is 14.7 Å². The van der Waals surface area contributed by atoms with Gasteiger partial charge in [-0.25, -0.2) is 0 Å². The fourth-order valence-electron chi connectivity index (χ4n) is 2.98. The van der Waals surface area contributed by atoms with Crippen LogP contribution in [0.1, 0.15) is 33.1 Å². The van der Waals surface area contributed by atoms with Crippen LogP contribution in [0.5, 0.6) is 0 Å². The second-order valence-corrected chi connectivity index (χ2v) is 5.89. The van der Waals surface area contributed by atoms with E-state index >= 15 is 0 Å². The molecule has 2 fully saturated rings. The van der Waals surface area contributed by atoms with Gasteiger partial charge in [0.2, 0.25) is 5.91 Å². The number of rotatable bonds is 3. The van der Waals surface area contributed by atoms with Crippen molar-refractivity contribution in [2.24, 2.45) is 11.8 Å². The second-order valence-electron chi connectivity index (χ2n) is 5.89.